The number of rotatable bonds is 18. The molecule has 0 saturated carbocycles. The number of fused-ring (bicyclic) bond motifs is 1. The van der Waals surface area contributed by atoms with Crippen LogP contribution in [0.2, 0.25) is 0 Å². The number of imide groups is 1. The number of amides is 6. The van der Waals surface area contributed by atoms with Crippen molar-refractivity contribution in [1.82, 2.24) is 35.0 Å². The third kappa shape index (κ3) is 10.5. The van der Waals surface area contributed by atoms with Gasteiger partial charge in [-0.3, -0.25) is 43.2 Å². The van der Waals surface area contributed by atoms with Crippen LogP contribution in [0.4, 0.5) is 4.79 Å². The second-order valence-corrected chi connectivity index (χ2v) is 19.3. The van der Waals surface area contributed by atoms with Crippen molar-refractivity contribution in [2.45, 2.75) is 113 Å². The van der Waals surface area contributed by atoms with Gasteiger partial charge < -0.3 is 31.4 Å². The Hall–Kier alpha value is -6.83. The minimum atomic E-state index is -3.42. The van der Waals surface area contributed by atoms with Gasteiger partial charge in [0.25, 0.3) is 0 Å². The average Bonchev–Trinajstić information content (AvgIpc) is 3.69. The van der Waals surface area contributed by atoms with Gasteiger partial charge in [0.2, 0.25) is 29.5 Å². The number of carbonyl (C=O) groups is 7. The maximum absolute atomic E-state index is 14.0. The predicted octanol–water partition coefficient (Wildman–Crippen LogP) is 2.10. The van der Waals surface area contributed by atoms with Gasteiger partial charge in [-0.05, 0) is 98.4 Å². The van der Waals surface area contributed by atoms with E-state index in [1.54, 1.807) is 19.2 Å². The van der Waals surface area contributed by atoms with Crippen molar-refractivity contribution in [3.8, 4) is 0 Å². The first kappa shape index (κ1) is 47.1. The van der Waals surface area contributed by atoms with Crippen LogP contribution >= 0.6 is 0 Å². The van der Waals surface area contributed by atoms with Crippen LogP contribution in [-0.2, 0) is 78.0 Å². The van der Waals surface area contributed by atoms with Crippen molar-refractivity contribution in [2.75, 3.05) is 6.26 Å². The number of aromatic nitrogens is 3. The van der Waals surface area contributed by atoms with Crippen LogP contribution < -0.4 is 32.7 Å². The molecule has 7 N–H and O–H groups in total. The summed E-state index contributed by atoms with van der Waals surface area (Å²) in [5.41, 5.74) is 10.6. The van der Waals surface area contributed by atoms with E-state index in [9.17, 15) is 51.9 Å². The zero-order valence-corrected chi connectivity index (χ0v) is 37.6. The van der Waals surface area contributed by atoms with E-state index in [1.165, 1.54) is 27.3 Å². The molecule has 0 bridgehead atoms. The number of hydrogen-bond donors (Lipinski definition) is 6. The lowest BCUT2D eigenvalue weighted by Crippen LogP contribution is -2.49. The maximum Gasteiger partial charge on any atom is 0.405 e. The van der Waals surface area contributed by atoms with E-state index in [2.05, 4.69) is 21.3 Å². The first-order valence-electron chi connectivity index (χ1n) is 22.1. The molecule has 20 heteroatoms. The fraction of sp³-hybridized carbons (Fsp3) is 0.435. The number of sulfone groups is 1. The number of nitrogens with two attached hydrogens (primary N) is 1. The number of carbonyl (C=O) groups excluding carboxylic acids is 6. The highest BCUT2D eigenvalue weighted by atomic mass is 32.2. The minimum Gasteiger partial charge on any atom is -0.465 e. The van der Waals surface area contributed by atoms with E-state index in [0.717, 1.165) is 55.2 Å². The summed E-state index contributed by atoms with van der Waals surface area (Å²) in [6, 6.07) is 10.7. The standard InChI is InChI=1S/C46H54N8O11S/c1-52-37-21-26(11-15-35(37)54(46(52)63)36-16-18-39(56)51-44(36)60)7-5-3-4-6-8-30-23-28-22-29(24-32-40(28)53(30)20-19-33(41(32)57)50-45(61)62)42(58)49-34(14-17-38(47)55)43(59)48-25-27-9-12-31(13-10-27)66(2,64)65/h9-13,15,21,23-24,29,33-34,36,50H,3-8,14,16-20,22,25H2,1-2H3,(H2,47,55)(H,48,59)(H,49,58)(H,61,62)(H,51,56,60)/t29-,33-,34?,36?/m0/s1. The molecule has 2 unspecified atom stereocenters. The molecule has 7 rings (SSSR count). The van der Waals surface area contributed by atoms with E-state index in [4.69, 9.17) is 5.73 Å². The first-order chi connectivity index (χ1) is 31.4. The van der Waals surface area contributed by atoms with Crippen molar-refractivity contribution >= 4 is 67.9 Å². The largest absolute Gasteiger partial charge is 0.465 e. The summed E-state index contributed by atoms with van der Waals surface area (Å²) in [4.78, 5) is 102. The molecule has 2 aromatic heterocycles. The van der Waals surface area contributed by atoms with E-state index in [-0.39, 0.29) is 67.1 Å². The number of carboxylic acid groups (broad SMARTS) is 1. The molecule has 0 spiro atoms. The Bertz CT molecular complexity index is 2820. The van der Waals surface area contributed by atoms with Crippen LogP contribution in [0.5, 0.6) is 0 Å². The van der Waals surface area contributed by atoms with Crippen molar-refractivity contribution in [3.05, 3.63) is 93.2 Å². The monoisotopic (exact) mass is 926 g/mol. The van der Waals surface area contributed by atoms with Gasteiger partial charge >= 0.3 is 11.8 Å². The molecule has 3 aliphatic rings. The Morgan fingerprint density at radius 3 is 2.32 bits per heavy atom. The summed E-state index contributed by atoms with van der Waals surface area (Å²) in [7, 11) is -1.75. The van der Waals surface area contributed by atoms with Crippen molar-refractivity contribution in [2.24, 2.45) is 18.7 Å². The smallest absolute Gasteiger partial charge is 0.405 e. The summed E-state index contributed by atoms with van der Waals surface area (Å²) in [6.45, 7) is 0.383. The van der Waals surface area contributed by atoms with Gasteiger partial charge in [0.1, 0.15) is 12.1 Å². The molecule has 6 amide bonds. The minimum absolute atomic E-state index is 0.00960. The normalized spacial score (nSPS) is 18.7. The molecule has 2 aliphatic heterocycles. The molecule has 1 saturated heterocycles. The summed E-state index contributed by atoms with van der Waals surface area (Å²) in [5, 5.41) is 19.7. The van der Waals surface area contributed by atoms with Gasteiger partial charge in [-0.25, -0.2) is 18.0 Å². The highest BCUT2D eigenvalue weighted by Crippen LogP contribution is 2.37. The number of nitrogens with one attached hydrogen (secondary N) is 4. The van der Waals surface area contributed by atoms with E-state index in [0.29, 0.717) is 35.3 Å². The number of benzene rings is 2. The summed E-state index contributed by atoms with van der Waals surface area (Å²) in [5.74, 6) is -4.04. The molecular weight excluding hydrogens is 873 g/mol. The number of aryl methyl sites for hydroxylation is 3. The molecule has 2 aromatic carbocycles. The second-order valence-electron chi connectivity index (χ2n) is 17.3. The number of unbranched alkanes of at least 4 members (excludes halogenated alkanes) is 3. The van der Waals surface area contributed by atoms with Gasteiger partial charge in [0.15, 0.2) is 15.6 Å². The van der Waals surface area contributed by atoms with Gasteiger partial charge in [-0.1, -0.05) is 37.1 Å². The molecule has 4 aromatic rings. The molecule has 4 heterocycles. The van der Waals surface area contributed by atoms with Gasteiger partial charge in [0, 0.05) is 50.5 Å². The number of primary amides is 1. The van der Waals surface area contributed by atoms with Crippen LogP contribution in [0.3, 0.4) is 0 Å². The molecule has 66 heavy (non-hydrogen) atoms. The molecule has 4 atom stereocenters. The van der Waals surface area contributed by atoms with E-state index >= 15 is 0 Å². The third-order valence-corrected chi connectivity index (χ3v) is 13.8. The lowest BCUT2D eigenvalue weighted by atomic mass is 9.85. The zero-order chi connectivity index (χ0) is 47.4. The Morgan fingerprint density at radius 2 is 1.64 bits per heavy atom. The number of Topliss-reactive ketones (excluding diaryl/α,β-unsaturated/α-hetero) is 1. The molecule has 19 nitrogen and oxygen atoms in total. The van der Waals surface area contributed by atoms with Crippen LogP contribution in [0.25, 0.3) is 16.6 Å². The molecular formula is C46H54N8O11S. The number of imidazole rings is 1. The maximum atomic E-state index is 14.0. The second kappa shape index (κ2) is 19.7. The SMILES string of the molecule is Cn1c(=O)n(C2CCC(=O)NC2=O)c2ccc(CCCCCCc3cc4c5n3CC[C@H](NC(=O)O)C(=O)C5=C[C@@H](C(=O)NC(CCC(N)=O)C(=O)NCc3ccc(S(C)(=O)=O)cc3)C4)cc21. The topological polar surface area (TPSA) is 280 Å². The quantitative estimate of drug-likeness (QED) is 0.0621. The van der Waals surface area contributed by atoms with Gasteiger partial charge in [-0.2, -0.15) is 0 Å². The number of ketones is 1. The number of nitrogens with zero attached hydrogens (tertiary/aromatic N) is 3. The fourth-order valence-electron chi connectivity index (χ4n) is 9.19. The highest BCUT2D eigenvalue weighted by molar-refractivity contribution is 7.90. The highest BCUT2D eigenvalue weighted by Gasteiger charge is 2.38. The Balaban J connectivity index is 0.999. The summed E-state index contributed by atoms with van der Waals surface area (Å²) < 4.78 is 28.7. The first-order valence-corrected chi connectivity index (χ1v) is 23.9. The molecule has 1 aliphatic carbocycles. The zero-order valence-electron chi connectivity index (χ0n) is 36.8. The third-order valence-electron chi connectivity index (χ3n) is 12.6. The Morgan fingerprint density at radius 1 is 0.924 bits per heavy atom. The van der Waals surface area contributed by atoms with Gasteiger partial charge in [0.05, 0.1) is 33.6 Å². The van der Waals surface area contributed by atoms with Crippen molar-refractivity contribution in [3.63, 3.8) is 0 Å². The van der Waals surface area contributed by atoms with E-state index in [1.807, 2.05) is 28.8 Å². The van der Waals surface area contributed by atoms with E-state index < -0.39 is 69.4 Å². The van der Waals surface area contributed by atoms with Crippen LogP contribution in [-0.4, -0.2) is 87.0 Å². The lowest BCUT2D eigenvalue weighted by molar-refractivity contribution is -0.136. The predicted molar refractivity (Wildman–Crippen MR) is 240 cm³/mol. The lowest BCUT2D eigenvalue weighted by Gasteiger charge is -2.25. The molecule has 1 fully saturated rings. The number of piperidine rings is 1. The Kier molecular flexibility index (Phi) is 14.1. The Labute approximate surface area is 380 Å². The summed E-state index contributed by atoms with van der Waals surface area (Å²) >= 11 is 0. The van der Waals surface area contributed by atoms with Crippen molar-refractivity contribution in [1.29, 1.82) is 0 Å². The molecule has 0 radical (unpaired) electrons. The van der Waals surface area contributed by atoms with Crippen molar-refractivity contribution < 1.29 is 47.1 Å². The van der Waals surface area contributed by atoms with Gasteiger partial charge in [-0.15, -0.1) is 0 Å². The fourth-order valence-corrected chi connectivity index (χ4v) is 9.82. The van der Waals surface area contributed by atoms with Crippen LogP contribution in [0, 0.1) is 5.92 Å². The summed E-state index contributed by atoms with van der Waals surface area (Å²) in [6.07, 6.45) is 6.72. The van der Waals surface area contributed by atoms with Crippen LogP contribution in [0.1, 0.15) is 91.9 Å². The number of hydrogen-bond acceptors (Lipinski definition) is 10. The molecule has 350 valence electrons. The average molecular weight is 927 g/mol. The van der Waals surface area contributed by atoms with Crippen LogP contribution in [0.15, 0.2) is 64.3 Å².